The predicted molar refractivity (Wildman–Crippen MR) is 116 cm³/mol. The van der Waals surface area contributed by atoms with Gasteiger partial charge in [-0.3, -0.25) is 19.1 Å². The first-order chi connectivity index (χ1) is 16.5. The van der Waals surface area contributed by atoms with Gasteiger partial charge in [0.15, 0.2) is 5.65 Å². The minimum absolute atomic E-state index is 0.114. The van der Waals surface area contributed by atoms with Crippen molar-refractivity contribution in [3.05, 3.63) is 63.9 Å². The Kier molecular flexibility index (Phi) is 6.17. The Hall–Kier alpha value is -4.03. The molecule has 2 N–H and O–H groups in total. The van der Waals surface area contributed by atoms with Crippen LogP contribution < -0.4 is 21.0 Å². The number of carbonyl (C=O) groups is 2. The Morgan fingerprint density at radius 2 is 1.94 bits per heavy atom. The number of rotatable bonds is 5. The molecule has 1 fully saturated rings. The molecule has 0 spiro atoms. The second-order valence-corrected chi connectivity index (χ2v) is 7.74. The number of hydrogen-bond acceptors (Lipinski definition) is 4. The molecule has 1 aliphatic heterocycles. The fourth-order valence-electron chi connectivity index (χ4n) is 3.71. The number of fused-ring (bicyclic) bond motifs is 1. The van der Waals surface area contributed by atoms with Gasteiger partial charge in [0.1, 0.15) is 29.1 Å². The topological polar surface area (TPSA) is 96.3 Å². The van der Waals surface area contributed by atoms with E-state index in [1.54, 1.807) is 5.32 Å². The number of nitrogens with zero attached hydrogens (tertiary/aromatic N) is 3. The van der Waals surface area contributed by atoms with Crippen LogP contribution in [0.5, 0.6) is 0 Å². The summed E-state index contributed by atoms with van der Waals surface area (Å²) in [6, 6.07) is 2.41. The van der Waals surface area contributed by atoms with Crippen LogP contribution in [0.25, 0.3) is 16.7 Å². The van der Waals surface area contributed by atoms with E-state index in [9.17, 15) is 36.3 Å². The minimum atomic E-state index is -4.75. The van der Waals surface area contributed by atoms with E-state index in [4.69, 9.17) is 0 Å². The zero-order valence-electron chi connectivity index (χ0n) is 18.1. The predicted octanol–water partition coefficient (Wildman–Crippen LogP) is 3.26. The van der Waals surface area contributed by atoms with Crippen LogP contribution in [0.3, 0.4) is 0 Å². The molecule has 3 amide bonds. The average Bonchev–Trinajstić information content (AvgIpc) is 3.23. The fourth-order valence-corrected chi connectivity index (χ4v) is 3.71. The van der Waals surface area contributed by atoms with Crippen LogP contribution in [-0.4, -0.2) is 46.8 Å². The Morgan fingerprint density at radius 3 is 2.54 bits per heavy atom. The van der Waals surface area contributed by atoms with Crippen molar-refractivity contribution >= 4 is 28.8 Å². The summed E-state index contributed by atoms with van der Waals surface area (Å²) < 4.78 is 68.7. The van der Waals surface area contributed by atoms with Gasteiger partial charge in [0.25, 0.3) is 5.91 Å². The quantitative estimate of drug-likeness (QED) is 0.532. The summed E-state index contributed by atoms with van der Waals surface area (Å²) in [6.45, 7) is 1.82. The van der Waals surface area contributed by atoms with Crippen LogP contribution >= 0.6 is 0 Å². The molecule has 2 aromatic heterocycles. The van der Waals surface area contributed by atoms with Crippen molar-refractivity contribution in [3.8, 4) is 5.69 Å². The highest BCUT2D eigenvalue weighted by Gasteiger charge is 2.39. The maximum absolute atomic E-state index is 14.7. The third-order valence-electron chi connectivity index (χ3n) is 5.49. The third-order valence-corrected chi connectivity index (χ3v) is 5.49. The van der Waals surface area contributed by atoms with E-state index >= 15 is 0 Å². The highest BCUT2D eigenvalue weighted by Crippen LogP contribution is 2.25. The summed E-state index contributed by atoms with van der Waals surface area (Å²) in [5, 5.41) is 4.14. The van der Waals surface area contributed by atoms with Gasteiger partial charge in [-0.2, -0.15) is 13.2 Å². The summed E-state index contributed by atoms with van der Waals surface area (Å²) in [5.74, 6) is -3.18. The lowest BCUT2D eigenvalue weighted by molar-refractivity contribution is -0.153. The largest absolute Gasteiger partial charge is 0.408 e. The van der Waals surface area contributed by atoms with Gasteiger partial charge >= 0.3 is 12.2 Å². The van der Waals surface area contributed by atoms with Crippen LogP contribution in [0.15, 0.2) is 41.3 Å². The van der Waals surface area contributed by atoms with Crippen LogP contribution in [0, 0.1) is 11.6 Å². The Morgan fingerprint density at radius 1 is 1.20 bits per heavy atom. The molecular formula is C22H18F5N5O3. The highest BCUT2D eigenvalue weighted by atomic mass is 19.4. The molecule has 0 aliphatic carbocycles. The van der Waals surface area contributed by atoms with Crippen LogP contribution in [0.1, 0.15) is 23.7 Å². The molecule has 1 saturated heterocycles. The molecule has 1 aliphatic rings. The monoisotopic (exact) mass is 495 g/mol. The van der Waals surface area contributed by atoms with Gasteiger partial charge < -0.3 is 10.6 Å². The number of benzene rings is 1. The van der Waals surface area contributed by atoms with Crippen molar-refractivity contribution in [1.29, 1.82) is 0 Å². The molecule has 3 aromatic rings. The molecule has 3 heterocycles. The number of pyridine rings is 2. The Balaban J connectivity index is 1.93. The maximum atomic E-state index is 14.7. The van der Waals surface area contributed by atoms with E-state index in [0.717, 1.165) is 22.9 Å². The normalized spacial score (nSPS) is 14.8. The number of hydrogen-bond donors (Lipinski definition) is 2. The second-order valence-electron chi connectivity index (χ2n) is 7.74. The lowest BCUT2D eigenvalue weighted by Crippen LogP contribution is -2.46. The van der Waals surface area contributed by atoms with Gasteiger partial charge in [-0.15, -0.1) is 0 Å². The summed E-state index contributed by atoms with van der Waals surface area (Å²) >= 11 is 0. The van der Waals surface area contributed by atoms with Gasteiger partial charge in [-0.05, 0) is 30.7 Å². The van der Waals surface area contributed by atoms with Gasteiger partial charge in [0.05, 0.1) is 11.1 Å². The summed E-state index contributed by atoms with van der Waals surface area (Å²) in [4.78, 5) is 43.4. The number of urea groups is 1. The molecule has 184 valence electrons. The smallest absolute Gasteiger partial charge is 0.340 e. The van der Waals surface area contributed by atoms with Crippen LogP contribution in [0.4, 0.5) is 32.6 Å². The van der Waals surface area contributed by atoms with Gasteiger partial charge in [-0.25, -0.2) is 18.6 Å². The average molecular weight is 495 g/mol. The van der Waals surface area contributed by atoms with Crippen LogP contribution in [0.2, 0.25) is 0 Å². The minimum Gasteiger partial charge on any atom is -0.340 e. The first-order valence-corrected chi connectivity index (χ1v) is 10.5. The molecule has 8 nitrogen and oxygen atoms in total. The van der Waals surface area contributed by atoms with Crippen molar-refractivity contribution < 1.29 is 31.5 Å². The zero-order valence-corrected chi connectivity index (χ0v) is 18.1. The lowest BCUT2D eigenvalue weighted by Gasteiger charge is -2.21. The molecule has 4 rings (SSSR count). The van der Waals surface area contributed by atoms with Crippen molar-refractivity contribution in [2.24, 2.45) is 0 Å². The number of aromatic nitrogens is 2. The van der Waals surface area contributed by atoms with Crippen molar-refractivity contribution in [2.75, 3.05) is 18.0 Å². The molecule has 1 atom stereocenters. The first kappa shape index (κ1) is 24.1. The standard InChI is InChI=1S/C22H18F5N5O3/c1-2-16(22(25,26)27)29-20(34)13-10-32(15-5-3-11(23)9-14(15)24)19-12(18(13)33)4-6-17(30-19)31-8-7-28-21(31)35/h3-6,9-10,16H,2,7-8H2,1H3,(H,28,35)(H,29,34)/t16-/m1/s1. The number of nitrogens with one attached hydrogen (secondary N) is 2. The van der Waals surface area contributed by atoms with E-state index < -0.39 is 53.2 Å². The molecule has 0 bridgehead atoms. The van der Waals surface area contributed by atoms with E-state index in [0.29, 0.717) is 12.6 Å². The van der Waals surface area contributed by atoms with Crippen molar-refractivity contribution in [2.45, 2.75) is 25.6 Å². The fraction of sp³-hybridized carbons (Fsp3) is 0.273. The molecule has 1 aromatic carbocycles. The highest BCUT2D eigenvalue weighted by molar-refractivity contribution is 5.98. The molecule has 35 heavy (non-hydrogen) atoms. The van der Waals surface area contributed by atoms with Gasteiger partial charge in [0.2, 0.25) is 5.43 Å². The van der Waals surface area contributed by atoms with E-state index in [-0.39, 0.29) is 29.1 Å². The van der Waals surface area contributed by atoms with Crippen LogP contribution in [-0.2, 0) is 0 Å². The number of anilines is 1. The zero-order chi connectivity index (χ0) is 25.5. The van der Waals surface area contributed by atoms with E-state index in [1.165, 1.54) is 24.0 Å². The van der Waals surface area contributed by atoms with E-state index in [2.05, 4.69) is 10.3 Å². The molecule has 0 unspecified atom stereocenters. The first-order valence-electron chi connectivity index (χ1n) is 10.5. The summed E-state index contributed by atoms with van der Waals surface area (Å²) in [7, 11) is 0. The summed E-state index contributed by atoms with van der Waals surface area (Å²) in [5.41, 5.74) is -2.14. The Bertz CT molecular complexity index is 1390. The maximum Gasteiger partial charge on any atom is 0.408 e. The number of halogens is 5. The number of carbonyl (C=O) groups excluding carboxylic acids is 2. The summed E-state index contributed by atoms with van der Waals surface area (Å²) in [6.07, 6.45) is -4.39. The SMILES string of the molecule is CC[C@@H](NC(=O)c1cn(-c2ccc(F)cc2F)c2nc(N3CCNC3=O)ccc2c1=O)C(F)(F)F. The van der Waals surface area contributed by atoms with E-state index in [1.807, 2.05) is 0 Å². The second kappa shape index (κ2) is 8.96. The molecule has 0 radical (unpaired) electrons. The number of amides is 3. The lowest BCUT2D eigenvalue weighted by atomic mass is 10.1. The Labute approximate surface area is 194 Å². The van der Waals surface area contributed by atoms with Crippen molar-refractivity contribution in [3.63, 3.8) is 0 Å². The van der Waals surface area contributed by atoms with Gasteiger partial charge in [-0.1, -0.05) is 6.92 Å². The van der Waals surface area contributed by atoms with Crippen molar-refractivity contribution in [1.82, 2.24) is 20.2 Å². The van der Waals surface area contributed by atoms with Gasteiger partial charge in [0, 0.05) is 25.4 Å². The number of alkyl halides is 3. The molecule has 0 saturated carbocycles. The molecule has 13 heteroatoms. The third kappa shape index (κ3) is 4.53. The molecular weight excluding hydrogens is 477 g/mol.